The van der Waals surface area contributed by atoms with Crippen molar-refractivity contribution in [2.45, 2.75) is 19.3 Å². The van der Waals surface area contributed by atoms with Gasteiger partial charge in [-0.2, -0.15) is 0 Å². The fourth-order valence-corrected chi connectivity index (χ4v) is 3.44. The van der Waals surface area contributed by atoms with E-state index in [4.69, 9.17) is 4.74 Å². The minimum Gasteiger partial charge on any atom is -0.469 e. The summed E-state index contributed by atoms with van der Waals surface area (Å²) in [6, 6.07) is 0. The van der Waals surface area contributed by atoms with E-state index in [-0.39, 0.29) is 17.3 Å². The third-order valence-electron chi connectivity index (χ3n) is 4.15. The van der Waals surface area contributed by atoms with Crippen LogP contribution >= 0.6 is 0 Å². The smallest absolute Gasteiger partial charge is 0.309 e. The summed E-state index contributed by atoms with van der Waals surface area (Å²) in [5, 5.41) is 0. The van der Waals surface area contributed by atoms with Gasteiger partial charge in [-0.25, -0.2) is 0 Å². The summed E-state index contributed by atoms with van der Waals surface area (Å²) in [5.41, 5.74) is 1.61. The lowest BCUT2D eigenvalue weighted by Gasteiger charge is -2.22. The van der Waals surface area contributed by atoms with E-state index in [9.17, 15) is 4.79 Å². The lowest BCUT2D eigenvalue weighted by atomic mass is 9.81. The van der Waals surface area contributed by atoms with Crippen LogP contribution in [0.4, 0.5) is 0 Å². The Balaban J connectivity index is 1.92. The molecule has 0 aromatic rings. The van der Waals surface area contributed by atoms with Crippen LogP contribution in [0.15, 0.2) is 36.0 Å². The average molecular weight is 216 g/mol. The molecule has 2 heteroatoms. The van der Waals surface area contributed by atoms with Crippen LogP contribution in [0.25, 0.3) is 0 Å². The molecule has 3 aliphatic carbocycles. The van der Waals surface area contributed by atoms with Gasteiger partial charge in [0.2, 0.25) is 0 Å². The van der Waals surface area contributed by atoms with Crippen molar-refractivity contribution >= 4 is 5.97 Å². The fourth-order valence-electron chi connectivity index (χ4n) is 3.44. The molecule has 16 heavy (non-hydrogen) atoms. The van der Waals surface area contributed by atoms with Gasteiger partial charge >= 0.3 is 5.97 Å². The third-order valence-corrected chi connectivity index (χ3v) is 4.15. The van der Waals surface area contributed by atoms with Crippen LogP contribution in [0.3, 0.4) is 0 Å². The van der Waals surface area contributed by atoms with Crippen LogP contribution in [0, 0.1) is 17.3 Å². The Morgan fingerprint density at radius 3 is 3.12 bits per heavy atom. The Kier molecular flexibility index (Phi) is 2.06. The van der Waals surface area contributed by atoms with E-state index < -0.39 is 0 Å². The number of hydrogen-bond donors (Lipinski definition) is 0. The Labute approximate surface area is 95.7 Å². The molecule has 1 spiro atoms. The van der Waals surface area contributed by atoms with Crippen LogP contribution in [0.5, 0.6) is 0 Å². The van der Waals surface area contributed by atoms with Gasteiger partial charge in [-0.3, -0.25) is 4.79 Å². The molecule has 1 fully saturated rings. The Morgan fingerprint density at radius 1 is 1.44 bits per heavy atom. The van der Waals surface area contributed by atoms with Gasteiger partial charge in [0.1, 0.15) is 0 Å². The highest BCUT2D eigenvalue weighted by molar-refractivity contribution is 5.74. The van der Waals surface area contributed by atoms with E-state index in [2.05, 4.69) is 30.4 Å². The van der Waals surface area contributed by atoms with Crippen LogP contribution in [0.2, 0.25) is 0 Å². The van der Waals surface area contributed by atoms with Crippen molar-refractivity contribution in [3.05, 3.63) is 36.0 Å². The predicted molar refractivity (Wildman–Crippen MR) is 61.6 cm³/mol. The summed E-state index contributed by atoms with van der Waals surface area (Å²) in [4.78, 5) is 11.6. The molecule has 2 bridgehead atoms. The second-order valence-electron chi connectivity index (χ2n) is 5.09. The highest BCUT2D eigenvalue weighted by Crippen LogP contribution is 2.56. The van der Waals surface area contributed by atoms with Gasteiger partial charge in [-0.05, 0) is 25.2 Å². The van der Waals surface area contributed by atoms with E-state index >= 15 is 0 Å². The summed E-state index contributed by atoms with van der Waals surface area (Å²) in [5.74, 6) is 0.593. The van der Waals surface area contributed by atoms with Gasteiger partial charge in [0, 0.05) is 5.41 Å². The summed E-state index contributed by atoms with van der Waals surface area (Å²) in [6.45, 7) is 0. The summed E-state index contributed by atoms with van der Waals surface area (Å²) < 4.78 is 4.86. The monoisotopic (exact) mass is 216 g/mol. The van der Waals surface area contributed by atoms with Gasteiger partial charge in [0.15, 0.2) is 0 Å². The maximum Gasteiger partial charge on any atom is 0.309 e. The van der Waals surface area contributed by atoms with Crippen molar-refractivity contribution in [3.63, 3.8) is 0 Å². The number of esters is 1. The third kappa shape index (κ3) is 1.29. The SMILES string of the molecule is COC(=O)[C@H]1CC2=C[C@H]3C=CC=C[C@@]2(C3)C1. The number of fused-ring (bicyclic) bond motifs is 1. The molecule has 0 aliphatic heterocycles. The zero-order valence-electron chi connectivity index (χ0n) is 9.48. The Bertz CT molecular complexity index is 416. The van der Waals surface area contributed by atoms with Crippen LogP contribution in [-0.4, -0.2) is 13.1 Å². The lowest BCUT2D eigenvalue weighted by molar-refractivity contribution is -0.145. The highest BCUT2D eigenvalue weighted by atomic mass is 16.5. The van der Waals surface area contributed by atoms with Crippen molar-refractivity contribution in [1.82, 2.24) is 0 Å². The molecule has 0 aromatic carbocycles. The number of ether oxygens (including phenoxy) is 1. The second kappa shape index (κ2) is 3.34. The predicted octanol–water partition coefficient (Wildman–Crippen LogP) is 2.63. The van der Waals surface area contributed by atoms with Crippen molar-refractivity contribution in [2.75, 3.05) is 7.11 Å². The first kappa shape index (κ1) is 9.88. The number of carbonyl (C=O) groups is 1. The fraction of sp³-hybridized carbons (Fsp3) is 0.500. The molecule has 84 valence electrons. The van der Waals surface area contributed by atoms with Gasteiger partial charge in [0.25, 0.3) is 0 Å². The van der Waals surface area contributed by atoms with E-state index in [1.54, 1.807) is 0 Å². The van der Waals surface area contributed by atoms with E-state index in [0.717, 1.165) is 19.3 Å². The van der Waals surface area contributed by atoms with Gasteiger partial charge < -0.3 is 4.74 Å². The highest BCUT2D eigenvalue weighted by Gasteiger charge is 2.48. The number of allylic oxidation sites excluding steroid dienone is 6. The second-order valence-corrected chi connectivity index (χ2v) is 5.09. The topological polar surface area (TPSA) is 26.3 Å². The maximum absolute atomic E-state index is 11.6. The van der Waals surface area contributed by atoms with E-state index in [1.807, 2.05) is 0 Å². The molecule has 3 aliphatic rings. The maximum atomic E-state index is 11.6. The van der Waals surface area contributed by atoms with Crippen molar-refractivity contribution in [1.29, 1.82) is 0 Å². The number of rotatable bonds is 1. The quantitative estimate of drug-likeness (QED) is 0.497. The molecule has 0 amide bonds. The molecule has 0 saturated heterocycles. The molecular formula is C14H16O2. The van der Waals surface area contributed by atoms with Crippen molar-refractivity contribution in [2.24, 2.45) is 17.3 Å². The number of carbonyl (C=O) groups excluding carboxylic acids is 1. The Hall–Kier alpha value is -1.31. The van der Waals surface area contributed by atoms with Crippen molar-refractivity contribution in [3.8, 4) is 0 Å². The molecule has 3 rings (SSSR count). The van der Waals surface area contributed by atoms with E-state index in [0.29, 0.717) is 5.92 Å². The van der Waals surface area contributed by atoms with Gasteiger partial charge in [-0.15, -0.1) is 0 Å². The van der Waals surface area contributed by atoms with Crippen molar-refractivity contribution < 1.29 is 9.53 Å². The van der Waals surface area contributed by atoms with Crippen LogP contribution in [-0.2, 0) is 9.53 Å². The summed E-state index contributed by atoms with van der Waals surface area (Å²) in [7, 11) is 1.48. The number of methoxy groups -OCH3 is 1. The molecule has 3 atom stereocenters. The molecule has 2 nitrogen and oxygen atoms in total. The molecule has 0 aromatic heterocycles. The lowest BCUT2D eigenvalue weighted by Crippen LogP contribution is -2.18. The molecule has 0 heterocycles. The normalized spacial score (nSPS) is 39.2. The van der Waals surface area contributed by atoms with Gasteiger partial charge in [-0.1, -0.05) is 36.0 Å². The average Bonchev–Trinajstić information content (AvgIpc) is 2.64. The molecular weight excluding hydrogens is 200 g/mol. The standard InChI is InChI=1S/C14H16O2/c1-16-13(15)11-7-12-6-10-4-2-3-5-14(12,8-10)9-11/h2-6,10-11H,7-9H2,1H3/t10-,11+,14-/m1/s1. The van der Waals surface area contributed by atoms with E-state index in [1.165, 1.54) is 12.7 Å². The minimum atomic E-state index is -0.0492. The first-order valence-electron chi connectivity index (χ1n) is 5.88. The number of hydrogen-bond acceptors (Lipinski definition) is 2. The first-order chi connectivity index (χ1) is 7.73. The van der Waals surface area contributed by atoms with Crippen LogP contribution < -0.4 is 0 Å². The molecule has 0 unspecified atom stereocenters. The largest absolute Gasteiger partial charge is 0.469 e. The summed E-state index contributed by atoms with van der Waals surface area (Å²) >= 11 is 0. The first-order valence-corrected chi connectivity index (χ1v) is 5.88. The summed E-state index contributed by atoms with van der Waals surface area (Å²) in [6.07, 6.45) is 14.1. The minimum absolute atomic E-state index is 0.0492. The zero-order chi connectivity index (χ0) is 11.2. The van der Waals surface area contributed by atoms with Crippen LogP contribution in [0.1, 0.15) is 19.3 Å². The Morgan fingerprint density at radius 2 is 2.31 bits per heavy atom. The molecule has 0 N–H and O–H groups in total. The van der Waals surface area contributed by atoms with Gasteiger partial charge in [0.05, 0.1) is 13.0 Å². The molecule has 0 radical (unpaired) electrons. The molecule has 1 saturated carbocycles. The zero-order valence-corrected chi connectivity index (χ0v) is 9.48.